The molecular weight excluding hydrogens is 280 g/mol. The maximum atomic E-state index is 12.4. The first-order valence-corrected chi connectivity index (χ1v) is 7.82. The summed E-state index contributed by atoms with van der Waals surface area (Å²) in [6.45, 7) is 5.89. The fourth-order valence-corrected chi connectivity index (χ4v) is 2.52. The van der Waals surface area contributed by atoms with E-state index in [1.807, 2.05) is 13.8 Å². The van der Waals surface area contributed by atoms with Gasteiger partial charge in [0.25, 0.3) is 11.8 Å². The van der Waals surface area contributed by atoms with E-state index < -0.39 is 0 Å². The normalized spacial score (nSPS) is 21.2. The highest BCUT2D eigenvalue weighted by atomic mass is 16.5. The minimum Gasteiger partial charge on any atom is -0.379 e. The number of benzene rings is 1. The third-order valence-corrected chi connectivity index (χ3v) is 3.78. The van der Waals surface area contributed by atoms with Crippen molar-refractivity contribution in [3.05, 3.63) is 35.4 Å². The van der Waals surface area contributed by atoms with Crippen molar-refractivity contribution in [2.75, 3.05) is 19.8 Å². The van der Waals surface area contributed by atoms with Crippen molar-refractivity contribution in [3.63, 3.8) is 0 Å². The summed E-state index contributed by atoms with van der Waals surface area (Å²) < 4.78 is 5.45. The Morgan fingerprint density at radius 3 is 2.64 bits per heavy atom. The molecule has 2 N–H and O–H groups in total. The Kier molecular flexibility index (Phi) is 5.55. The summed E-state index contributed by atoms with van der Waals surface area (Å²) in [5.41, 5.74) is 0.664. The first kappa shape index (κ1) is 16.5. The van der Waals surface area contributed by atoms with Gasteiger partial charge in [0.15, 0.2) is 0 Å². The van der Waals surface area contributed by atoms with Gasteiger partial charge >= 0.3 is 0 Å². The largest absolute Gasteiger partial charge is 0.379 e. The summed E-state index contributed by atoms with van der Waals surface area (Å²) in [6, 6.07) is 6.80. The molecule has 0 bridgehead atoms. The molecule has 1 aromatic rings. The number of rotatable bonds is 5. The molecule has 1 aromatic carbocycles. The van der Waals surface area contributed by atoms with Gasteiger partial charge in [-0.1, -0.05) is 13.0 Å². The maximum absolute atomic E-state index is 12.4. The lowest BCUT2D eigenvalue weighted by atomic mass is 9.94. The number of hydrogen-bond donors (Lipinski definition) is 2. The summed E-state index contributed by atoms with van der Waals surface area (Å²) in [4.78, 5) is 24.4. The van der Waals surface area contributed by atoms with E-state index in [1.165, 1.54) is 0 Å². The average Bonchev–Trinajstić information content (AvgIpc) is 2.53. The average molecular weight is 304 g/mol. The Hall–Kier alpha value is -1.88. The van der Waals surface area contributed by atoms with Gasteiger partial charge in [-0.05, 0) is 44.4 Å². The molecule has 1 heterocycles. The van der Waals surface area contributed by atoms with E-state index in [4.69, 9.17) is 4.74 Å². The minimum absolute atomic E-state index is 0.149. The Labute approximate surface area is 131 Å². The monoisotopic (exact) mass is 304 g/mol. The minimum atomic E-state index is -0.337. The summed E-state index contributed by atoms with van der Waals surface area (Å²) in [7, 11) is 0. The van der Waals surface area contributed by atoms with Crippen molar-refractivity contribution >= 4 is 11.8 Å². The molecule has 0 aliphatic carbocycles. The molecule has 0 saturated carbocycles. The van der Waals surface area contributed by atoms with Crippen molar-refractivity contribution in [2.24, 2.45) is 0 Å². The second-order valence-electron chi connectivity index (χ2n) is 6.01. The van der Waals surface area contributed by atoms with Gasteiger partial charge in [-0.25, -0.2) is 0 Å². The fraction of sp³-hybridized carbons (Fsp3) is 0.529. The van der Waals surface area contributed by atoms with Crippen LogP contribution in [0.4, 0.5) is 0 Å². The molecule has 0 radical (unpaired) electrons. The predicted octanol–water partition coefficient (Wildman–Crippen LogP) is 2.13. The van der Waals surface area contributed by atoms with Crippen LogP contribution in [-0.2, 0) is 4.74 Å². The van der Waals surface area contributed by atoms with Crippen LogP contribution in [0.2, 0.25) is 0 Å². The van der Waals surface area contributed by atoms with Crippen LogP contribution in [0, 0.1) is 0 Å². The van der Waals surface area contributed by atoms with Crippen LogP contribution >= 0.6 is 0 Å². The van der Waals surface area contributed by atoms with Crippen molar-refractivity contribution < 1.29 is 14.3 Å². The van der Waals surface area contributed by atoms with E-state index in [0.29, 0.717) is 24.3 Å². The molecule has 1 fully saturated rings. The van der Waals surface area contributed by atoms with E-state index in [0.717, 1.165) is 25.9 Å². The van der Waals surface area contributed by atoms with Gasteiger partial charge in [-0.2, -0.15) is 0 Å². The Balaban J connectivity index is 2.05. The quantitative estimate of drug-likeness (QED) is 0.875. The third kappa shape index (κ3) is 4.31. The van der Waals surface area contributed by atoms with Crippen LogP contribution in [0.5, 0.6) is 0 Å². The highest BCUT2D eigenvalue weighted by molar-refractivity contribution is 5.99. The molecule has 5 nitrogen and oxygen atoms in total. The van der Waals surface area contributed by atoms with Crippen LogP contribution in [0.1, 0.15) is 53.8 Å². The van der Waals surface area contributed by atoms with Gasteiger partial charge in [0, 0.05) is 24.3 Å². The molecule has 5 heteroatoms. The van der Waals surface area contributed by atoms with Crippen molar-refractivity contribution in [1.29, 1.82) is 0 Å². The lowest BCUT2D eigenvalue weighted by Crippen LogP contribution is -2.51. The summed E-state index contributed by atoms with van der Waals surface area (Å²) in [5, 5.41) is 5.84. The first-order valence-electron chi connectivity index (χ1n) is 7.82. The van der Waals surface area contributed by atoms with Gasteiger partial charge in [0.05, 0.1) is 12.1 Å². The second-order valence-corrected chi connectivity index (χ2v) is 6.01. The van der Waals surface area contributed by atoms with E-state index in [1.54, 1.807) is 24.3 Å². The van der Waals surface area contributed by atoms with Crippen molar-refractivity contribution in [2.45, 2.75) is 38.6 Å². The van der Waals surface area contributed by atoms with E-state index in [-0.39, 0.29) is 17.4 Å². The van der Waals surface area contributed by atoms with Gasteiger partial charge in [-0.3, -0.25) is 9.59 Å². The third-order valence-electron chi connectivity index (χ3n) is 3.78. The molecule has 1 saturated heterocycles. The van der Waals surface area contributed by atoms with Crippen LogP contribution in [0.25, 0.3) is 0 Å². The lowest BCUT2D eigenvalue weighted by Gasteiger charge is -2.34. The number of amides is 2. The standard InChI is InChI=1S/C17H24N2O3/c1-3-9-18-15(20)13-6-4-7-14(11-13)16(21)19-17(2)8-5-10-22-12-17/h4,6-7,11H,3,5,8-10,12H2,1-2H3,(H,18,20)(H,19,21). The Bertz CT molecular complexity index is 536. The van der Waals surface area contributed by atoms with Crippen LogP contribution in [0.15, 0.2) is 24.3 Å². The molecule has 120 valence electrons. The van der Waals surface area contributed by atoms with Gasteiger partial charge in [0.2, 0.25) is 0 Å². The second kappa shape index (κ2) is 7.40. The zero-order valence-corrected chi connectivity index (χ0v) is 13.3. The molecule has 2 amide bonds. The van der Waals surface area contributed by atoms with E-state index >= 15 is 0 Å². The molecule has 22 heavy (non-hydrogen) atoms. The highest BCUT2D eigenvalue weighted by Crippen LogP contribution is 2.19. The molecule has 0 spiro atoms. The highest BCUT2D eigenvalue weighted by Gasteiger charge is 2.29. The molecule has 1 atom stereocenters. The zero-order chi connectivity index (χ0) is 16.0. The molecule has 1 aliphatic heterocycles. The van der Waals surface area contributed by atoms with Gasteiger partial charge in [-0.15, -0.1) is 0 Å². The maximum Gasteiger partial charge on any atom is 0.251 e. The summed E-state index contributed by atoms with van der Waals surface area (Å²) >= 11 is 0. The summed E-state index contributed by atoms with van der Waals surface area (Å²) in [5.74, 6) is -0.318. The predicted molar refractivity (Wildman–Crippen MR) is 85.0 cm³/mol. The van der Waals surface area contributed by atoms with Crippen molar-refractivity contribution in [1.82, 2.24) is 10.6 Å². The lowest BCUT2D eigenvalue weighted by molar-refractivity contribution is 0.0272. The van der Waals surface area contributed by atoms with Crippen LogP contribution in [-0.4, -0.2) is 37.1 Å². The number of carbonyl (C=O) groups excluding carboxylic acids is 2. The zero-order valence-electron chi connectivity index (χ0n) is 13.3. The van der Waals surface area contributed by atoms with Crippen LogP contribution in [0.3, 0.4) is 0 Å². The fourth-order valence-electron chi connectivity index (χ4n) is 2.52. The van der Waals surface area contributed by atoms with E-state index in [2.05, 4.69) is 10.6 Å². The Morgan fingerprint density at radius 1 is 1.27 bits per heavy atom. The van der Waals surface area contributed by atoms with Gasteiger partial charge < -0.3 is 15.4 Å². The molecule has 1 unspecified atom stereocenters. The van der Waals surface area contributed by atoms with Crippen LogP contribution < -0.4 is 10.6 Å². The topological polar surface area (TPSA) is 67.4 Å². The number of nitrogens with one attached hydrogen (secondary N) is 2. The summed E-state index contributed by atoms with van der Waals surface area (Å²) in [6.07, 6.45) is 2.72. The van der Waals surface area contributed by atoms with Gasteiger partial charge in [0.1, 0.15) is 0 Å². The number of ether oxygens (including phenoxy) is 1. The molecule has 0 aromatic heterocycles. The smallest absolute Gasteiger partial charge is 0.251 e. The molecule has 2 rings (SSSR count). The number of carbonyl (C=O) groups is 2. The molecule has 1 aliphatic rings. The SMILES string of the molecule is CCCNC(=O)c1cccc(C(=O)NC2(C)CCCOC2)c1. The first-order chi connectivity index (χ1) is 10.5. The van der Waals surface area contributed by atoms with Crippen molar-refractivity contribution in [3.8, 4) is 0 Å². The number of hydrogen-bond acceptors (Lipinski definition) is 3. The molecular formula is C17H24N2O3. The Morgan fingerprint density at radius 2 is 2.00 bits per heavy atom. The van der Waals surface area contributed by atoms with E-state index in [9.17, 15) is 9.59 Å².